The molecule has 1 heterocycles. The second-order valence-electron chi connectivity index (χ2n) is 3.81. The van der Waals surface area contributed by atoms with Crippen molar-refractivity contribution in [3.63, 3.8) is 0 Å². The number of rotatable bonds is 2. The summed E-state index contributed by atoms with van der Waals surface area (Å²) in [5.74, 6) is 0.853. The van der Waals surface area contributed by atoms with E-state index in [-0.39, 0.29) is 6.04 Å². The lowest BCUT2D eigenvalue weighted by Gasteiger charge is -2.22. The van der Waals surface area contributed by atoms with Crippen LogP contribution in [-0.2, 0) is 17.8 Å². The number of ether oxygens (including phenoxy) is 2. The van der Waals surface area contributed by atoms with Crippen molar-refractivity contribution in [3.8, 4) is 5.75 Å². The first-order chi connectivity index (χ1) is 7.18. The number of halogens is 1. The summed E-state index contributed by atoms with van der Waals surface area (Å²) in [6.45, 7) is 2.78. The molecule has 1 atom stereocenters. The number of hydrogen-bond donors (Lipinski definition) is 1. The molecule has 1 aliphatic heterocycles. The van der Waals surface area contributed by atoms with Crippen molar-refractivity contribution in [1.29, 1.82) is 0 Å². The topological polar surface area (TPSA) is 44.5 Å². The smallest absolute Gasteiger partial charge is 0.189 e. The zero-order valence-electron chi connectivity index (χ0n) is 8.63. The molecule has 4 heteroatoms. The van der Waals surface area contributed by atoms with Crippen LogP contribution in [0.15, 0.2) is 12.1 Å². The van der Waals surface area contributed by atoms with Gasteiger partial charge in [-0.2, -0.15) is 0 Å². The van der Waals surface area contributed by atoms with Crippen LogP contribution in [-0.4, -0.2) is 12.8 Å². The van der Waals surface area contributed by atoms with Gasteiger partial charge in [0.2, 0.25) is 0 Å². The first-order valence-electron chi connectivity index (χ1n) is 4.95. The highest BCUT2D eigenvalue weighted by Gasteiger charge is 2.18. The van der Waals surface area contributed by atoms with E-state index in [9.17, 15) is 0 Å². The quantitative estimate of drug-likeness (QED) is 0.842. The standard InChI is InChI=1S/C11H14ClNO2/c1-7(13)4-8-2-3-10(12)9-5-14-6-15-11(8)9/h2-3,7H,4-6,13H2,1H3. The zero-order valence-corrected chi connectivity index (χ0v) is 9.38. The van der Waals surface area contributed by atoms with E-state index in [1.807, 2.05) is 19.1 Å². The van der Waals surface area contributed by atoms with Crippen molar-refractivity contribution < 1.29 is 9.47 Å². The molecule has 0 saturated heterocycles. The molecule has 15 heavy (non-hydrogen) atoms. The van der Waals surface area contributed by atoms with Crippen LogP contribution in [0.3, 0.4) is 0 Å². The predicted octanol–water partition coefficient (Wildman–Crippen LogP) is 2.10. The monoisotopic (exact) mass is 227 g/mol. The fraction of sp³-hybridized carbons (Fsp3) is 0.455. The van der Waals surface area contributed by atoms with E-state index < -0.39 is 0 Å². The lowest BCUT2D eigenvalue weighted by atomic mass is 10.0. The molecule has 0 spiro atoms. The summed E-state index contributed by atoms with van der Waals surface area (Å²) in [6.07, 6.45) is 0.791. The van der Waals surface area contributed by atoms with Crippen molar-refractivity contribution in [1.82, 2.24) is 0 Å². The molecule has 82 valence electrons. The third kappa shape index (κ3) is 2.25. The Labute approximate surface area is 94.1 Å². The SMILES string of the molecule is CC(N)Cc1ccc(Cl)c2c1OCOC2. The van der Waals surface area contributed by atoms with Gasteiger partial charge >= 0.3 is 0 Å². The molecule has 0 saturated carbocycles. The van der Waals surface area contributed by atoms with E-state index in [1.54, 1.807) is 0 Å². The molecule has 3 nitrogen and oxygen atoms in total. The van der Waals surface area contributed by atoms with Gasteiger partial charge in [-0.1, -0.05) is 17.7 Å². The molecular weight excluding hydrogens is 214 g/mol. The van der Waals surface area contributed by atoms with E-state index in [0.29, 0.717) is 18.4 Å². The molecule has 0 aromatic heterocycles. The van der Waals surface area contributed by atoms with E-state index in [4.69, 9.17) is 26.8 Å². The fourth-order valence-corrected chi connectivity index (χ4v) is 1.92. The highest BCUT2D eigenvalue weighted by molar-refractivity contribution is 6.31. The molecule has 1 unspecified atom stereocenters. The van der Waals surface area contributed by atoms with Gasteiger partial charge in [0.05, 0.1) is 6.61 Å². The molecule has 2 N–H and O–H groups in total. The van der Waals surface area contributed by atoms with Gasteiger partial charge in [0.15, 0.2) is 6.79 Å². The maximum atomic E-state index is 6.06. The van der Waals surface area contributed by atoms with Crippen molar-refractivity contribution in [2.75, 3.05) is 6.79 Å². The molecule has 1 aromatic rings. The average molecular weight is 228 g/mol. The molecule has 1 aliphatic rings. The summed E-state index contributed by atoms with van der Waals surface area (Å²) >= 11 is 6.06. The van der Waals surface area contributed by atoms with Crippen LogP contribution in [0.25, 0.3) is 0 Å². The van der Waals surface area contributed by atoms with Crippen LogP contribution in [0.1, 0.15) is 18.1 Å². The summed E-state index contributed by atoms with van der Waals surface area (Å²) in [4.78, 5) is 0. The minimum absolute atomic E-state index is 0.113. The third-order valence-corrected chi connectivity index (χ3v) is 2.71. The largest absolute Gasteiger partial charge is 0.467 e. The maximum Gasteiger partial charge on any atom is 0.189 e. The van der Waals surface area contributed by atoms with Crippen LogP contribution in [0.2, 0.25) is 5.02 Å². The van der Waals surface area contributed by atoms with Gasteiger partial charge in [-0.3, -0.25) is 0 Å². The van der Waals surface area contributed by atoms with E-state index in [0.717, 1.165) is 23.3 Å². The summed E-state index contributed by atoms with van der Waals surface area (Å²) in [6, 6.07) is 3.95. The third-order valence-electron chi connectivity index (χ3n) is 2.36. The Morgan fingerprint density at radius 3 is 3.07 bits per heavy atom. The highest BCUT2D eigenvalue weighted by Crippen LogP contribution is 2.34. The maximum absolute atomic E-state index is 6.06. The van der Waals surface area contributed by atoms with Gasteiger partial charge in [-0.05, 0) is 25.0 Å². The summed E-state index contributed by atoms with van der Waals surface area (Å²) < 4.78 is 10.7. The van der Waals surface area contributed by atoms with Gasteiger partial charge in [0, 0.05) is 16.6 Å². The summed E-state index contributed by atoms with van der Waals surface area (Å²) in [5, 5.41) is 0.693. The average Bonchev–Trinajstić information content (AvgIpc) is 2.22. The molecule has 0 aliphatic carbocycles. The minimum Gasteiger partial charge on any atom is -0.467 e. The normalized spacial score (nSPS) is 16.7. The molecular formula is C11H14ClNO2. The molecule has 2 rings (SSSR count). The minimum atomic E-state index is 0.113. The van der Waals surface area contributed by atoms with Crippen LogP contribution in [0, 0.1) is 0 Å². The van der Waals surface area contributed by atoms with Gasteiger partial charge in [-0.25, -0.2) is 0 Å². The molecule has 0 fully saturated rings. The Morgan fingerprint density at radius 2 is 2.33 bits per heavy atom. The lowest BCUT2D eigenvalue weighted by molar-refractivity contribution is -0.0170. The van der Waals surface area contributed by atoms with Crippen molar-refractivity contribution >= 4 is 11.6 Å². The molecule has 1 aromatic carbocycles. The second kappa shape index (κ2) is 4.39. The zero-order chi connectivity index (χ0) is 10.8. The Balaban J connectivity index is 2.39. The Morgan fingerprint density at radius 1 is 1.53 bits per heavy atom. The second-order valence-corrected chi connectivity index (χ2v) is 4.21. The van der Waals surface area contributed by atoms with Crippen molar-refractivity contribution in [2.24, 2.45) is 5.73 Å². The van der Waals surface area contributed by atoms with E-state index >= 15 is 0 Å². The van der Waals surface area contributed by atoms with Gasteiger partial charge in [0.25, 0.3) is 0 Å². The Kier molecular flexibility index (Phi) is 3.14. The molecule has 0 amide bonds. The molecule has 0 radical (unpaired) electrons. The van der Waals surface area contributed by atoms with Crippen molar-refractivity contribution in [2.45, 2.75) is 26.0 Å². The number of fused-ring (bicyclic) bond motifs is 1. The van der Waals surface area contributed by atoms with Crippen LogP contribution < -0.4 is 10.5 Å². The number of benzene rings is 1. The first kappa shape index (κ1) is 10.7. The first-order valence-corrected chi connectivity index (χ1v) is 5.32. The number of nitrogens with two attached hydrogens (primary N) is 1. The Bertz CT molecular complexity index is 366. The highest BCUT2D eigenvalue weighted by atomic mass is 35.5. The van der Waals surface area contributed by atoms with Gasteiger partial charge < -0.3 is 15.2 Å². The fourth-order valence-electron chi connectivity index (χ4n) is 1.72. The summed E-state index contributed by atoms with van der Waals surface area (Å²) in [5.41, 5.74) is 7.81. The van der Waals surface area contributed by atoms with E-state index in [2.05, 4.69) is 0 Å². The summed E-state index contributed by atoms with van der Waals surface area (Å²) in [7, 11) is 0. The van der Waals surface area contributed by atoms with Gasteiger partial charge in [0.1, 0.15) is 5.75 Å². The van der Waals surface area contributed by atoms with Crippen LogP contribution in [0.5, 0.6) is 5.75 Å². The van der Waals surface area contributed by atoms with Crippen LogP contribution >= 0.6 is 11.6 Å². The van der Waals surface area contributed by atoms with E-state index in [1.165, 1.54) is 0 Å². The van der Waals surface area contributed by atoms with Crippen molar-refractivity contribution in [3.05, 3.63) is 28.3 Å². The molecule has 0 bridgehead atoms. The lowest BCUT2D eigenvalue weighted by Crippen LogP contribution is -2.20. The van der Waals surface area contributed by atoms with Gasteiger partial charge in [-0.15, -0.1) is 0 Å². The predicted molar refractivity (Wildman–Crippen MR) is 59.1 cm³/mol. The van der Waals surface area contributed by atoms with Crippen LogP contribution in [0.4, 0.5) is 0 Å². The number of hydrogen-bond acceptors (Lipinski definition) is 3. The Hall–Kier alpha value is -0.770.